The molecule has 0 bridgehead atoms. The molecule has 1 unspecified atom stereocenters. The summed E-state index contributed by atoms with van der Waals surface area (Å²) in [6, 6.07) is 15.9. The standard InChI is InChI=1S/C19H20N4O/c1-2-3-4-12-17(19-20-15-10-6-8-13-18(15)24-19)23-16-11-7-5-9-14(16)21-22-23/h5-11,13,17H,2-4,12H2,1H3. The summed E-state index contributed by atoms with van der Waals surface area (Å²) in [5, 5.41) is 8.68. The SMILES string of the molecule is CCCCCC(c1nc2ccccc2o1)n1nnc2ccccc21. The van der Waals surface area contributed by atoms with Crippen molar-refractivity contribution in [2.45, 2.75) is 38.6 Å². The molecule has 4 rings (SSSR count). The van der Waals surface area contributed by atoms with Crippen LogP contribution in [0.25, 0.3) is 22.1 Å². The van der Waals surface area contributed by atoms with Gasteiger partial charge in [0.05, 0.1) is 5.52 Å². The predicted molar refractivity (Wildman–Crippen MR) is 93.8 cm³/mol. The van der Waals surface area contributed by atoms with Gasteiger partial charge in [0.1, 0.15) is 17.1 Å². The third-order valence-electron chi connectivity index (χ3n) is 4.35. The first-order valence-corrected chi connectivity index (χ1v) is 8.52. The van der Waals surface area contributed by atoms with Crippen molar-refractivity contribution in [3.63, 3.8) is 0 Å². The molecule has 0 saturated carbocycles. The van der Waals surface area contributed by atoms with Crippen LogP contribution in [-0.2, 0) is 0 Å². The van der Waals surface area contributed by atoms with E-state index in [0.717, 1.165) is 35.0 Å². The molecule has 0 fully saturated rings. The molecule has 0 aliphatic carbocycles. The molecule has 2 aromatic heterocycles. The number of benzene rings is 2. The van der Waals surface area contributed by atoms with Crippen molar-refractivity contribution in [2.75, 3.05) is 0 Å². The highest BCUT2D eigenvalue weighted by molar-refractivity contribution is 5.74. The van der Waals surface area contributed by atoms with Crippen LogP contribution in [-0.4, -0.2) is 20.0 Å². The van der Waals surface area contributed by atoms with Crippen LogP contribution >= 0.6 is 0 Å². The maximum Gasteiger partial charge on any atom is 0.220 e. The van der Waals surface area contributed by atoms with E-state index in [-0.39, 0.29) is 6.04 Å². The van der Waals surface area contributed by atoms with E-state index < -0.39 is 0 Å². The number of aromatic nitrogens is 4. The Kier molecular flexibility index (Phi) is 3.99. The topological polar surface area (TPSA) is 56.7 Å². The van der Waals surface area contributed by atoms with Gasteiger partial charge in [0.25, 0.3) is 0 Å². The van der Waals surface area contributed by atoms with Crippen LogP contribution in [0, 0.1) is 0 Å². The van der Waals surface area contributed by atoms with Gasteiger partial charge in [-0.25, -0.2) is 9.67 Å². The molecule has 5 nitrogen and oxygen atoms in total. The molecule has 0 amide bonds. The molecule has 0 N–H and O–H groups in total. The third kappa shape index (κ3) is 2.66. The lowest BCUT2D eigenvalue weighted by molar-refractivity contribution is 0.379. The molecule has 1 atom stereocenters. The van der Waals surface area contributed by atoms with Gasteiger partial charge in [0.15, 0.2) is 5.58 Å². The largest absolute Gasteiger partial charge is 0.438 e. The summed E-state index contributed by atoms with van der Waals surface area (Å²) in [7, 11) is 0. The van der Waals surface area contributed by atoms with E-state index in [4.69, 9.17) is 9.40 Å². The molecule has 24 heavy (non-hydrogen) atoms. The van der Waals surface area contributed by atoms with Gasteiger partial charge in [-0.05, 0) is 30.7 Å². The first kappa shape index (κ1) is 14.9. The highest BCUT2D eigenvalue weighted by atomic mass is 16.3. The summed E-state index contributed by atoms with van der Waals surface area (Å²) >= 11 is 0. The van der Waals surface area contributed by atoms with Crippen molar-refractivity contribution in [1.82, 2.24) is 20.0 Å². The molecule has 5 heteroatoms. The van der Waals surface area contributed by atoms with E-state index in [1.165, 1.54) is 12.8 Å². The van der Waals surface area contributed by atoms with Crippen LogP contribution < -0.4 is 0 Å². The summed E-state index contributed by atoms with van der Waals surface area (Å²) in [4.78, 5) is 4.70. The lowest BCUT2D eigenvalue weighted by atomic mass is 10.1. The average molecular weight is 320 g/mol. The zero-order valence-corrected chi connectivity index (χ0v) is 13.7. The second-order valence-corrected chi connectivity index (χ2v) is 6.05. The second-order valence-electron chi connectivity index (χ2n) is 6.05. The van der Waals surface area contributed by atoms with Gasteiger partial charge in [-0.15, -0.1) is 5.10 Å². The van der Waals surface area contributed by atoms with Crippen LogP contribution in [0.4, 0.5) is 0 Å². The highest BCUT2D eigenvalue weighted by Gasteiger charge is 2.23. The van der Waals surface area contributed by atoms with Gasteiger partial charge in [-0.3, -0.25) is 0 Å². The molecular weight excluding hydrogens is 300 g/mol. The number of fused-ring (bicyclic) bond motifs is 2. The minimum Gasteiger partial charge on any atom is -0.438 e. The number of unbranched alkanes of at least 4 members (excludes halogenated alkanes) is 2. The molecule has 2 aromatic carbocycles. The van der Waals surface area contributed by atoms with Crippen molar-refractivity contribution in [3.05, 3.63) is 54.4 Å². The fraction of sp³-hybridized carbons (Fsp3) is 0.316. The molecule has 2 heterocycles. The molecular formula is C19H20N4O. The Bertz CT molecular complexity index is 923. The zero-order chi connectivity index (χ0) is 16.4. The highest BCUT2D eigenvalue weighted by Crippen LogP contribution is 2.29. The zero-order valence-electron chi connectivity index (χ0n) is 13.7. The van der Waals surface area contributed by atoms with Crippen LogP contribution in [0.5, 0.6) is 0 Å². The Morgan fingerprint density at radius 1 is 1.00 bits per heavy atom. The fourth-order valence-corrected chi connectivity index (χ4v) is 3.09. The smallest absolute Gasteiger partial charge is 0.220 e. The molecule has 0 aliphatic rings. The number of para-hydroxylation sites is 3. The fourth-order valence-electron chi connectivity index (χ4n) is 3.09. The van der Waals surface area contributed by atoms with Gasteiger partial charge in [0, 0.05) is 0 Å². The summed E-state index contributed by atoms with van der Waals surface area (Å²) in [5.41, 5.74) is 3.62. The van der Waals surface area contributed by atoms with Crippen molar-refractivity contribution in [3.8, 4) is 0 Å². The number of hydrogen-bond donors (Lipinski definition) is 0. The monoisotopic (exact) mass is 320 g/mol. The summed E-state index contributed by atoms with van der Waals surface area (Å²) in [5.74, 6) is 0.711. The Labute approximate surface area is 140 Å². The number of oxazole rings is 1. The molecule has 0 spiro atoms. The Hall–Kier alpha value is -2.69. The Morgan fingerprint density at radius 2 is 1.79 bits per heavy atom. The van der Waals surface area contributed by atoms with E-state index in [0.29, 0.717) is 5.89 Å². The van der Waals surface area contributed by atoms with Crippen LogP contribution in [0.2, 0.25) is 0 Å². The first-order valence-electron chi connectivity index (χ1n) is 8.52. The maximum atomic E-state index is 6.03. The lowest BCUT2D eigenvalue weighted by Gasteiger charge is -2.14. The second kappa shape index (κ2) is 6.43. The summed E-state index contributed by atoms with van der Waals surface area (Å²) in [6.45, 7) is 2.21. The van der Waals surface area contributed by atoms with Gasteiger partial charge in [0.2, 0.25) is 5.89 Å². The molecule has 0 aliphatic heterocycles. The maximum absolute atomic E-state index is 6.03. The van der Waals surface area contributed by atoms with E-state index in [2.05, 4.69) is 17.2 Å². The quantitative estimate of drug-likeness (QED) is 0.481. The van der Waals surface area contributed by atoms with Crippen molar-refractivity contribution < 1.29 is 4.42 Å². The average Bonchev–Trinajstić information content (AvgIpc) is 3.23. The van der Waals surface area contributed by atoms with Gasteiger partial charge in [-0.1, -0.05) is 55.7 Å². The van der Waals surface area contributed by atoms with Gasteiger partial charge in [-0.2, -0.15) is 0 Å². The molecule has 122 valence electrons. The number of rotatable bonds is 6. The van der Waals surface area contributed by atoms with Gasteiger partial charge < -0.3 is 4.42 Å². The lowest BCUT2D eigenvalue weighted by Crippen LogP contribution is -2.13. The minimum absolute atomic E-state index is 0.0312. The summed E-state index contributed by atoms with van der Waals surface area (Å²) < 4.78 is 7.99. The van der Waals surface area contributed by atoms with E-state index in [1.54, 1.807) is 0 Å². The minimum atomic E-state index is -0.0312. The Balaban J connectivity index is 1.78. The van der Waals surface area contributed by atoms with Gasteiger partial charge >= 0.3 is 0 Å². The van der Waals surface area contributed by atoms with E-state index in [9.17, 15) is 0 Å². The summed E-state index contributed by atoms with van der Waals surface area (Å²) in [6.07, 6.45) is 4.41. The van der Waals surface area contributed by atoms with Crippen LogP contribution in [0.15, 0.2) is 52.9 Å². The molecule has 0 radical (unpaired) electrons. The third-order valence-corrected chi connectivity index (χ3v) is 4.35. The first-order chi connectivity index (χ1) is 11.9. The Morgan fingerprint density at radius 3 is 2.62 bits per heavy atom. The van der Waals surface area contributed by atoms with Crippen molar-refractivity contribution in [1.29, 1.82) is 0 Å². The normalized spacial score (nSPS) is 12.9. The van der Waals surface area contributed by atoms with E-state index >= 15 is 0 Å². The predicted octanol–water partition coefficient (Wildman–Crippen LogP) is 4.74. The van der Waals surface area contributed by atoms with Crippen molar-refractivity contribution in [2.24, 2.45) is 0 Å². The van der Waals surface area contributed by atoms with Crippen LogP contribution in [0.3, 0.4) is 0 Å². The molecule has 0 saturated heterocycles. The number of nitrogens with zero attached hydrogens (tertiary/aromatic N) is 4. The van der Waals surface area contributed by atoms with E-state index in [1.807, 2.05) is 53.2 Å². The number of hydrogen-bond acceptors (Lipinski definition) is 4. The van der Waals surface area contributed by atoms with Crippen molar-refractivity contribution >= 4 is 22.1 Å². The van der Waals surface area contributed by atoms with Crippen LogP contribution in [0.1, 0.15) is 44.5 Å². The molecule has 4 aromatic rings.